The fraction of sp³-hybridized carbons (Fsp3) is 0.935. The van der Waals surface area contributed by atoms with E-state index in [1.54, 1.807) is 0 Å². The molecule has 0 N–H and O–H groups in total. The van der Waals surface area contributed by atoms with Crippen LogP contribution < -0.4 is 0 Å². The van der Waals surface area contributed by atoms with Crippen LogP contribution in [0.2, 0.25) is 0 Å². The predicted molar refractivity (Wildman–Crippen MR) is 141 cm³/mol. The molecule has 0 aromatic heterocycles. The molecule has 0 radical (unpaired) electrons. The van der Waals surface area contributed by atoms with E-state index in [4.69, 9.17) is 0 Å². The molecule has 0 heterocycles. The van der Waals surface area contributed by atoms with Crippen LogP contribution in [0.3, 0.4) is 0 Å². The maximum Gasteiger partial charge on any atom is 0.412 e. The fourth-order valence-corrected chi connectivity index (χ4v) is 6.62. The van der Waals surface area contributed by atoms with E-state index in [9.17, 15) is 17.6 Å². The summed E-state index contributed by atoms with van der Waals surface area (Å²) in [5.41, 5.74) is 0. The van der Waals surface area contributed by atoms with Gasteiger partial charge in [0.15, 0.2) is 0 Å². The minimum atomic E-state index is -4.54. The minimum Gasteiger partial charge on any atom is -0.212 e. The standard InChI is InChI=1S/C31H54F4/c1-6-22(2)7-10-24(4)25(5)11-8-23(3)9-12-26-13-15-27(16-14-26)28-17-19-29(20-18-28)30(32)21-31(33,34)35/h21-29H,6-20H2,1-5H3/b30-21-. The van der Waals surface area contributed by atoms with Gasteiger partial charge in [0, 0.05) is 5.92 Å². The highest BCUT2D eigenvalue weighted by atomic mass is 19.4. The van der Waals surface area contributed by atoms with Gasteiger partial charge in [0.25, 0.3) is 0 Å². The maximum atomic E-state index is 13.9. The molecule has 4 heteroatoms. The number of hydrogen-bond acceptors (Lipinski definition) is 0. The van der Waals surface area contributed by atoms with Gasteiger partial charge in [0.05, 0.1) is 6.08 Å². The molecule has 4 unspecified atom stereocenters. The van der Waals surface area contributed by atoms with Gasteiger partial charge in [0.1, 0.15) is 5.83 Å². The molecule has 0 spiro atoms. The van der Waals surface area contributed by atoms with Crippen LogP contribution in [0.5, 0.6) is 0 Å². The highest BCUT2D eigenvalue weighted by molar-refractivity contribution is 5.03. The molecule has 0 amide bonds. The Bertz CT molecular complexity index is 594. The highest BCUT2D eigenvalue weighted by Gasteiger charge is 2.34. The Morgan fingerprint density at radius 2 is 1.20 bits per heavy atom. The van der Waals surface area contributed by atoms with Crippen molar-refractivity contribution >= 4 is 0 Å². The molecule has 35 heavy (non-hydrogen) atoms. The van der Waals surface area contributed by atoms with Crippen molar-refractivity contribution in [3.8, 4) is 0 Å². The van der Waals surface area contributed by atoms with Gasteiger partial charge in [-0.2, -0.15) is 13.2 Å². The summed E-state index contributed by atoms with van der Waals surface area (Å²) in [7, 11) is 0. The Morgan fingerprint density at radius 1 is 0.714 bits per heavy atom. The van der Waals surface area contributed by atoms with E-state index in [1.807, 2.05) is 0 Å². The molecule has 2 aliphatic rings. The Labute approximate surface area is 214 Å². The van der Waals surface area contributed by atoms with Crippen molar-refractivity contribution in [1.82, 2.24) is 0 Å². The number of rotatable bonds is 13. The summed E-state index contributed by atoms with van der Waals surface area (Å²) >= 11 is 0. The van der Waals surface area contributed by atoms with Crippen molar-refractivity contribution in [3.63, 3.8) is 0 Å². The number of hydrogen-bond donors (Lipinski definition) is 0. The lowest BCUT2D eigenvalue weighted by Gasteiger charge is -2.38. The molecule has 2 aliphatic carbocycles. The summed E-state index contributed by atoms with van der Waals surface area (Å²) in [6.45, 7) is 12.0. The predicted octanol–water partition coefficient (Wildman–Crippen LogP) is 11.3. The SMILES string of the molecule is CCC(C)CCC(C)C(C)CCC(C)CCC1CCC(C2CCC(/C(F)=C/C(F)(F)F)CC2)CC1. The molecule has 2 rings (SSSR count). The van der Waals surface area contributed by atoms with Crippen LogP contribution in [0.1, 0.15) is 131 Å². The van der Waals surface area contributed by atoms with Gasteiger partial charge in [-0.1, -0.05) is 92.4 Å². The molecule has 0 nitrogen and oxygen atoms in total. The van der Waals surface area contributed by atoms with Crippen LogP contribution in [0.4, 0.5) is 17.6 Å². The number of alkyl halides is 3. The second-order valence-corrected chi connectivity index (χ2v) is 12.8. The van der Waals surface area contributed by atoms with Crippen molar-refractivity contribution in [2.75, 3.05) is 0 Å². The van der Waals surface area contributed by atoms with Gasteiger partial charge in [-0.15, -0.1) is 0 Å². The molecular weight excluding hydrogens is 448 g/mol. The van der Waals surface area contributed by atoms with E-state index in [0.717, 1.165) is 42.4 Å². The summed E-state index contributed by atoms with van der Waals surface area (Å²) in [6.07, 6.45) is 12.9. The lowest BCUT2D eigenvalue weighted by molar-refractivity contribution is -0.0821. The fourth-order valence-electron chi connectivity index (χ4n) is 6.62. The van der Waals surface area contributed by atoms with E-state index < -0.39 is 17.9 Å². The van der Waals surface area contributed by atoms with Gasteiger partial charge >= 0.3 is 6.18 Å². The Morgan fingerprint density at radius 3 is 1.69 bits per heavy atom. The lowest BCUT2D eigenvalue weighted by Crippen LogP contribution is -2.26. The van der Waals surface area contributed by atoms with Crippen molar-refractivity contribution in [2.24, 2.45) is 47.3 Å². The number of halogens is 4. The number of allylic oxidation sites excluding steroid dienone is 2. The average molecular weight is 503 g/mol. The second kappa shape index (κ2) is 15.0. The third-order valence-corrected chi connectivity index (χ3v) is 9.99. The lowest BCUT2D eigenvalue weighted by atomic mass is 9.68. The van der Waals surface area contributed by atoms with Gasteiger partial charge < -0.3 is 0 Å². The van der Waals surface area contributed by atoms with E-state index >= 15 is 0 Å². The molecule has 0 aromatic rings. The van der Waals surface area contributed by atoms with Crippen LogP contribution in [-0.2, 0) is 0 Å². The van der Waals surface area contributed by atoms with Crippen molar-refractivity contribution < 1.29 is 17.6 Å². The molecule has 0 aliphatic heterocycles. The van der Waals surface area contributed by atoms with Crippen molar-refractivity contribution in [2.45, 2.75) is 137 Å². The highest BCUT2D eigenvalue weighted by Crippen LogP contribution is 2.44. The summed E-state index contributed by atoms with van der Waals surface area (Å²) in [5.74, 6) is 4.00. The van der Waals surface area contributed by atoms with Crippen LogP contribution >= 0.6 is 0 Å². The zero-order valence-corrected chi connectivity index (χ0v) is 23.3. The van der Waals surface area contributed by atoms with Crippen LogP contribution in [0.25, 0.3) is 0 Å². The molecule has 0 aromatic carbocycles. The third-order valence-electron chi connectivity index (χ3n) is 9.99. The van der Waals surface area contributed by atoms with Gasteiger partial charge in [-0.3, -0.25) is 0 Å². The quantitative estimate of drug-likeness (QED) is 0.220. The smallest absolute Gasteiger partial charge is 0.212 e. The Hall–Kier alpha value is -0.540. The second-order valence-electron chi connectivity index (χ2n) is 12.8. The summed E-state index contributed by atoms with van der Waals surface area (Å²) in [5, 5.41) is 0. The summed E-state index contributed by atoms with van der Waals surface area (Å²) in [4.78, 5) is 0. The first-order chi connectivity index (χ1) is 16.5. The summed E-state index contributed by atoms with van der Waals surface area (Å²) < 4.78 is 51.2. The van der Waals surface area contributed by atoms with Gasteiger partial charge in [0.2, 0.25) is 0 Å². The third kappa shape index (κ3) is 11.6. The molecular formula is C31H54F4. The van der Waals surface area contributed by atoms with Crippen LogP contribution in [-0.4, -0.2) is 6.18 Å². The van der Waals surface area contributed by atoms with Crippen LogP contribution in [0.15, 0.2) is 11.9 Å². The van der Waals surface area contributed by atoms with Gasteiger partial charge in [-0.05, 0) is 80.0 Å². The average Bonchev–Trinajstić information content (AvgIpc) is 2.83. The first kappa shape index (κ1) is 30.7. The zero-order valence-electron chi connectivity index (χ0n) is 23.3. The normalized spacial score (nSPS) is 30.0. The summed E-state index contributed by atoms with van der Waals surface area (Å²) in [6, 6.07) is 0. The molecule has 0 bridgehead atoms. The van der Waals surface area contributed by atoms with E-state index in [1.165, 1.54) is 70.6 Å². The first-order valence-electron chi connectivity index (χ1n) is 14.9. The first-order valence-corrected chi connectivity index (χ1v) is 14.9. The molecule has 0 saturated heterocycles. The molecule has 2 fully saturated rings. The van der Waals surface area contributed by atoms with Gasteiger partial charge in [-0.25, -0.2) is 4.39 Å². The zero-order chi connectivity index (χ0) is 26.0. The molecule has 206 valence electrons. The molecule has 4 atom stereocenters. The Balaban J connectivity index is 1.60. The molecule has 2 saturated carbocycles. The monoisotopic (exact) mass is 502 g/mol. The topological polar surface area (TPSA) is 0 Å². The van der Waals surface area contributed by atoms with E-state index in [2.05, 4.69) is 34.6 Å². The van der Waals surface area contributed by atoms with E-state index in [0.29, 0.717) is 24.7 Å². The Kier molecular flexibility index (Phi) is 13.2. The largest absolute Gasteiger partial charge is 0.412 e. The minimum absolute atomic E-state index is 0.126. The van der Waals surface area contributed by atoms with Crippen molar-refractivity contribution in [1.29, 1.82) is 0 Å². The van der Waals surface area contributed by atoms with E-state index in [-0.39, 0.29) is 6.08 Å². The maximum absolute atomic E-state index is 13.9. The van der Waals surface area contributed by atoms with Crippen molar-refractivity contribution in [3.05, 3.63) is 11.9 Å². The van der Waals surface area contributed by atoms with Crippen LogP contribution in [0, 0.1) is 47.3 Å².